The Kier molecular flexibility index (Phi) is 2.84. The molecule has 0 aliphatic heterocycles. The molecule has 0 heterocycles. The van der Waals surface area contributed by atoms with Crippen molar-refractivity contribution >= 4 is 10.8 Å². The van der Waals surface area contributed by atoms with Crippen LogP contribution in [0.3, 0.4) is 0 Å². The lowest BCUT2D eigenvalue weighted by molar-refractivity contribution is 0.609. The van der Waals surface area contributed by atoms with Gasteiger partial charge in [0, 0.05) is 0 Å². The Bertz CT molecular complexity index is 694. The second-order valence-electron chi connectivity index (χ2n) is 5.10. The zero-order chi connectivity index (χ0) is 13.3. The van der Waals surface area contributed by atoms with E-state index in [1.807, 2.05) is 18.2 Å². The second-order valence-corrected chi connectivity index (χ2v) is 5.10. The second kappa shape index (κ2) is 4.52. The SMILES string of the molecule is CC(N)(c1ccccc1)c1cccc2ccccc12. The highest BCUT2D eigenvalue weighted by Gasteiger charge is 2.25. The van der Waals surface area contributed by atoms with Gasteiger partial charge in [0.25, 0.3) is 0 Å². The van der Waals surface area contributed by atoms with Crippen LogP contribution in [0.5, 0.6) is 0 Å². The summed E-state index contributed by atoms with van der Waals surface area (Å²) in [5.74, 6) is 0. The molecule has 19 heavy (non-hydrogen) atoms. The molecule has 0 aliphatic carbocycles. The molecular weight excluding hydrogens is 230 g/mol. The fourth-order valence-corrected chi connectivity index (χ4v) is 2.62. The number of hydrogen-bond acceptors (Lipinski definition) is 1. The van der Waals surface area contributed by atoms with Crippen LogP contribution in [0.1, 0.15) is 18.1 Å². The molecule has 1 nitrogen and oxygen atoms in total. The molecule has 0 radical (unpaired) electrons. The zero-order valence-corrected chi connectivity index (χ0v) is 11.0. The largest absolute Gasteiger partial charge is 0.318 e. The Labute approximate surface area is 113 Å². The van der Waals surface area contributed by atoms with E-state index < -0.39 is 5.54 Å². The first-order valence-electron chi connectivity index (χ1n) is 6.52. The summed E-state index contributed by atoms with van der Waals surface area (Å²) in [6.45, 7) is 2.07. The van der Waals surface area contributed by atoms with E-state index >= 15 is 0 Å². The summed E-state index contributed by atoms with van der Waals surface area (Å²) in [6, 6.07) is 25.0. The summed E-state index contributed by atoms with van der Waals surface area (Å²) in [7, 11) is 0. The third kappa shape index (κ3) is 2.02. The van der Waals surface area contributed by atoms with Crippen LogP contribution in [0.4, 0.5) is 0 Å². The molecular formula is C18H17N. The Hall–Kier alpha value is -2.12. The third-order valence-corrected chi connectivity index (χ3v) is 3.72. The number of nitrogens with two attached hydrogens (primary N) is 1. The monoisotopic (exact) mass is 247 g/mol. The first-order chi connectivity index (χ1) is 9.19. The summed E-state index contributed by atoms with van der Waals surface area (Å²) >= 11 is 0. The van der Waals surface area contributed by atoms with Gasteiger partial charge in [-0.2, -0.15) is 0 Å². The molecule has 0 saturated heterocycles. The quantitative estimate of drug-likeness (QED) is 0.726. The molecule has 1 heteroatoms. The van der Waals surface area contributed by atoms with E-state index in [0.717, 1.165) is 11.1 Å². The maximum Gasteiger partial charge on any atom is 0.0642 e. The number of rotatable bonds is 2. The van der Waals surface area contributed by atoms with Crippen molar-refractivity contribution in [3.63, 3.8) is 0 Å². The molecule has 0 saturated carbocycles. The van der Waals surface area contributed by atoms with E-state index in [-0.39, 0.29) is 0 Å². The predicted octanol–water partition coefficient (Wildman–Crippen LogP) is 4.06. The van der Waals surface area contributed by atoms with Crippen LogP contribution in [0.2, 0.25) is 0 Å². The Balaban J connectivity index is 2.24. The molecule has 3 aromatic rings. The van der Waals surface area contributed by atoms with Crippen molar-refractivity contribution in [1.29, 1.82) is 0 Å². The minimum atomic E-state index is -0.484. The third-order valence-electron chi connectivity index (χ3n) is 3.72. The summed E-state index contributed by atoms with van der Waals surface area (Å²) < 4.78 is 0. The van der Waals surface area contributed by atoms with Crippen molar-refractivity contribution in [2.45, 2.75) is 12.5 Å². The molecule has 0 fully saturated rings. The molecule has 94 valence electrons. The Morgan fingerprint density at radius 2 is 1.37 bits per heavy atom. The van der Waals surface area contributed by atoms with Crippen molar-refractivity contribution in [3.8, 4) is 0 Å². The first-order valence-corrected chi connectivity index (χ1v) is 6.52. The molecule has 0 amide bonds. The molecule has 3 aromatic carbocycles. The van der Waals surface area contributed by atoms with E-state index in [1.54, 1.807) is 0 Å². The summed E-state index contributed by atoms with van der Waals surface area (Å²) in [5.41, 5.74) is 8.44. The van der Waals surface area contributed by atoms with Crippen LogP contribution in [0.15, 0.2) is 72.8 Å². The van der Waals surface area contributed by atoms with Gasteiger partial charge in [0.2, 0.25) is 0 Å². The lowest BCUT2D eigenvalue weighted by Crippen LogP contribution is -2.34. The smallest absolute Gasteiger partial charge is 0.0642 e. The fourth-order valence-electron chi connectivity index (χ4n) is 2.62. The summed E-state index contributed by atoms with van der Waals surface area (Å²) in [6.07, 6.45) is 0. The molecule has 1 unspecified atom stereocenters. The number of benzene rings is 3. The van der Waals surface area contributed by atoms with Gasteiger partial charge < -0.3 is 5.73 Å². The van der Waals surface area contributed by atoms with Crippen molar-refractivity contribution in [2.24, 2.45) is 5.73 Å². The molecule has 0 aliphatic rings. The lowest BCUT2D eigenvalue weighted by Gasteiger charge is -2.27. The first kappa shape index (κ1) is 11.9. The molecule has 0 spiro atoms. The van der Waals surface area contributed by atoms with Crippen LogP contribution < -0.4 is 5.73 Å². The Morgan fingerprint density at radius 1 is 0.737 bits per heavy atom. The van der Waals surface area contributed by atoms with E-state index in [9.17, 15) is 0 Å². The van der Waals surface area contributed by atoms with E-state index in [4.69, 9.17) is 5.73 Å². The van der Waals surface area contributed by atoms with Gasteiger partial charge >= 0.3 is 0 Å². The van der Waals surface area contributed by atoms with Gasteiger partial charge in [-0.25, -0.2) is 0 Å². The van der Waals surface area contributed by atoms with Gasteiger partial charge in [-0.1, -0.05) is 72.8 Å². The van der Waals surface area contributed by atoms with Crippen LogP contribution in [0.25, 0.3) is 10.8 Å². The maximum absolute atomic E-state index is 6.63. The fraction of sp³-hybridized carbons (Fsp3) is 0.111. The molecule has 1 atom stereocenters. The van der Waals surface area contributed by atoms with Crippen LogP contribution >= 0.6 is 0 Å². The van der Waals surface area contributed by atoms with Gasteiger partial charge in [0.15, 0.2) is 0 Å². The van der Waals surface area contributed by atoms with E-state index in [2.05, 4.69) is 61.5 Å². The molecule has 0 aromatic heterocycles. The summed E-state index contributed by atoms with van der Waals surface area (Å²) in [4.78, 5) is 0. The van der Waals surface area contributed by atoms with Crippen molar-refractivity contribution in [2.75, 3.05) is 0 Å². The highest BCUT2D eigenvalue weighted by Crippen LogP contribution is 2.31. The van der Waals surface area contributed by atoms with Gasteiger partial charge in [-0.05, 0) is 28.8 Å². The average molecular weight is 247 g/mol. The normalized spacial score (nSPS) is 14.2. The lowest BCUT2D eigenvalue weighted by atomic mass is 9.83. The van der Waals surface area contributed by atoms with Crippen molar-refractivity contribution in [3.05, 3.63) is 83.9 Å². The zero-order valence-electron chi connectivity index (χ0n) is 11.0. The van der Waals surface area contributed by atoms with Crippen LogP contribution in [0, 0.1) is 0 Å². The van der Waals surface area contributed by atoms with Crippen molar-refractivity contribution < 1.29 is 0 Å². The molecule has 3 rings (SSSR count). The molecule has 0 bridgehead atoms. The molecule has 2 N–H and O–H groups in total. The topological polar surface area (TPSA) is 26.0 Å². The van der Waals surface area contributed by atoms with Gasteiger partial charge in [0.05, 0.1) is 5.54 Å². The highest BCUT2D eigenvalue weighted by atomic mass is 14.7. The van der Waals surface area contributed by atoms with Gasteiger partial charge in [-0.3, -0.25) is 0 Å². The number of fused-ring (bicyclic) bond motifs is 1. The maximum atomic E-state index is 6.63. The van der Waals surface area contributed by atoms with Crippen molar-refractivity contribution in [1.82, 2.24) is 0 Å². The number of hydrogen-bond donors (Lipinski definition) is 1. The highest BCUT2D eigenvalue weighted by molar-refractivity contribution is 5.87. The minimum Gasteiger partial charge on any atom is -0.318 e. The van der Waals surface area contributed by atoms with Gasteiger partial charge in [-0.15, -0.1) is 0 Å². The van der Waals surface area contributed by atoms with Crippen LogP contribution in [-0.2, 0) is 5.54 Å². The van der Waals surface area contributed by atoms with Gasteiger partial charge in [0.1, 0.15) is 0 Å². The standard InChI is InChI=1S/C18H17N/c1-18(19,15-10-3-2-4-11-15)17-13-7-9-14-8-5-6-12-16(14)17/h2-13H,19H2,1H3. The minimum absolute atomic E-state index is 0.484. The van der Waals surface area contributed by atoms with E-state index in [0.29, 0.717) is 0 Å². The van der Waals surface area contributed by atoms with Crippen LogP contribution in [-0.4, -0.2) is 0 Å². The average Bonchev–Trinajstić information content (AvgIpc) is 2.47. The van der Waals surface area contributed by atoms with E-state index in [1.165, 1.54) is 10.8 Å². The predicted molar refractivity (Wildman–Crippen MR) is 81.0 cm³/mol. The summed E-state index contributed by atoms with van der Waals surface area (Å²) in [5, 5.41) is 2.45. The Morgan fingerprint density at radius 3 is 2.16 bits per heavy atom.